The molecule has 1 atom stereocenters. The number of hydrogen-bond donors (Lipinski definition) is 1. The molecule has 0 radical (unpaired) electrons. The average Bonchev–Trinajstić information content (AvgIpc) is 3.33. The van der Waals surface area contributed by atoms with E-state index in [2.05, 4.69) is 17.2 Å². The Morgan fingerprint density at radius 2 is 2.24 bits per heavy atom. The number of pyridine rings is 1. The molecular weight excluding hydrogens is 268 g/mol. The summed E-state index contributed by atoms with van der Waals surface area (Å²) in [5, 5.41) is 2.87. The zero-order valence-electron chi connectivity index (χ0n) is 13.0. The van der Waals surface area contributed by atoms with Gasteiger partial charge in [-0.1, -0.05) is 13.3 Å². The van der Waals surface area contributed by atoms with E-state index in [4.69, 9.17) is 9.47 Å². The van der Waals surface area contributed by atoms with Gasteiger partial charge in [0.15, 0.2) is 0 Å². The minimum Gasteiger partial charge on any atom is -0.478 e. The summed E-state index contributed by atoms with van der Waals surface area (Å²) in [7, 11) is 1.58. The van der Waals surface area contributed by atoms with Crippen LogP contribution >= 0.6 is 0 Å². The highest BCUT2D eigenvalue weighted by Crippen LogP contribution is 2.42. The van der Waals surface area contributed by atoms with Crippen molar-refractivity contribution in [3.63, 3.8) is 0 Å². The van der Waals surface area contributed by atoms with Crippen molar-refractivity contribution >= 4 is 11.6 Å². The minimum atomic E-state index is -0.754. The summed E-state index contributed by atoms with van der Waals surface area (Å²) in [5.74, 6) is 0.777. The van der Waals surface area contributed by atoms with Crippen LogP contribution in [0.3, 0.4) is 0 Å². The maximum atomic E-state index is 12.3. The molecule has 1 aliphatic carbocycles. The second-order valence-corrected chi connectivity index (χ2v) is 5.63. The van der Waals surface area contributed by atoms with E-state index >= 15 is 0 Å². The molecule has 1 heterocycles. The van der Waals surface area contributed by atoms with Gasteiger partial charge in [0.25, 0.3) is 5.91 Å². The Balaban J connectivity index is 1.92. The van der Waals surface area contributed by atoms with Crippen LogP contribution in [0.4, 0.5) is 5.69 Å². The molecule has 0 bridgehead atoms. The predicted octanol–water partition coefficient (Wildman–Crippen LogP) is 3.01. The Labute approximate surface area is 126 Å². The van der Waals surface area contributed by atoms with Crippen LogP contribution < -0.4 is 10.1 Å². The number of amides is 1. The lowest BCUT2D eigenvalue weighted by Gasteiger charge is -2.26. The summed E-state index contributed by atoms with van der Waals surface area (Å²) in [6.07, 6.45) is 5.79. The number of unbranched alkanes of at least 4 members (excludes halogenated alkanes) is 1. The van der Waals surface area contributed by atoms with Crippen LogP contribution in [-0.4, -0.2) is 30.2 Å². The van der Waals surface area contributed by atoms with Gasteiger partial charge in [0.05, 0.1) is 18.5 Å². The molecule has 1 saturated carbocycles. The number of anilines is 1. The summed E-state index contributed by atoms with van der Waals surface area (Å²) in [6.45, 7) is 4.62. The van der Waals surface area contributed by atoms with Gasteiger partial charge >= 0.3 is 0 Å². The van der Waals surface area contributed by atoms with Gasteiger partial charge in [0, 0.05) is 13.2 Å². The van der Waals surface area contributed by atoms with Crippen LogP contribution in [0.2, 0.25) is 0 Å². The molecule has 0 aliphatic heterocycles. The first-order chi connectivity index (χ1) is 10.1. The van der Waals surface area contributed by atoms with E-state index in [1.165, 1.54) is 0 Å². The molecule has 21 heavy (non-hydrogen) atoms. The molecule has 116 valence electrons. The highest BCUT2D eigenvalue weighted by atomic mass is 16.5. The molecule has 1 aliphatic rings. The molecule has 1 aromatic heterocycles. The summed E-state index contributed by atoms with van der Waals surface area (Å²) in [5.41, 5.74) is -0.0946. The van der Waals surface area contributed by atoms with Gasteiger partial charge in [0.2, 0.25) is 5.88 Å². The fourth-order valence-electron chi connectivity index (χ4n) is 2.19. The molecule has 1 N–H and O–H groups in total. The number of methoxy groups -OCH3 is 1. The lowest BCUT2D eigenvalue weighted by Crippen LogP contribution is -2.44. The Kier molecular flexibility index (Phi) is 5.17. The van der Waals surface area contributed by atoms with Crippen LogP contribution in [0, 0.1) is 5.92 Å². The van der Waals surface area contributed by atoms with E-state index in [0.717, 1.165) is 25.7 Å². The molecule has 0 saturated heterocycles. The largest absolute Gasteiger partial charge is 0.478 e. The third-order valence-corrected chi connectivity index (χ3v) is 3.97. The third-order valence-electron chi connectivity index (χ3n) is 3.97. The van der Waals surface area contributed by atoms with E-state index in [9.17, 15) is 4.79 Å². The number of carbonyl (C=O) groups is 1. The highest BCUT2D eigenvalue weighted by Gasteiger charge is 2.47. The van der Waals surface area contributed by atoms with Crippen molar-refractivity contribution in [3.8, 4) is 5.88 Å². The molecule has 1 unspecified atom stereocenters. The summed E-state index contributed by atoms with van der Waals surface area (Å²) in [4.78, 5) is 16.5. The normalized spacial score (nSPS) is 17.1. The van der Waals surface area contributed by atoms with E-state index in [1.807, 2.05) is 6.92 Å². The van der Waals surface area contributed by atoms with E-state index in [1.54, 1.807) is 25.4 Å². The maximum Gasteiger partial charge on any atom is 0.256 e. The monoisotopic (exact) mass is 292 g/mol. The first-order valence-corrected chi connectivity index (χ1v) is 7.55. The summed E-state index contributed by atoms with van der Waals surface area (Å²) in [6, 6.07) is 3.57. The summed E-state index contributed by atoms with van der Waals surface area (Å²) < 4.78 is 10.9. The van der Waals surface area contributed by atoms with Crippen LogP contribution in [0.1, 0.15) is 39.5 Å². The van der Waals surface area contributed by atoms with Crippen molar-refractivity contribution < 1.29 is 14.3 Å². The van der Waals surface area contributed by atoms with Crippen molar-refractivity contribution in [1.82, 2.24) is 4.98 Å². The van der Waals surface area contributed by atoms with Gasteiger partial charge in [-0.3, -0.25) is 4.79 Å². The predicted molar refractivity (Wildman–Crippen MR) is 81.4 cm³/mol. The number of hydrogen-bond acceptors (Lipinski definition) is 4. The van der Waals surface area contributed by atoms with Gasteiger partial charge in [-0.2, -0.15) is 0 Å². The molecule has 0 aromatic carbocycles. The number of ether oxygens (including phenoxy) is 2. The standard InChI is InChI=1S/C16H24N2O3/c1-4-5-10-21-14-9-8-13(11-17-14)18-15(19)16(2,20-3)12-6-7-12/h8-9,11-12H,4-7,10H2,1-3H3,(H,18,19). The lowest BCUT2D eigenvalue weighted by atomic mass is 9.99. The number of nitrogens with one attached hydrogen (secondary N) is 1. The topological polar surface area (TPSA) is 60.5 Å². The smallest absolute Gasteiger partial charge is 0.256 e. The highest BCUT2D eigenvalue weighted by molar-refractivity contribution is 5.97. The number of nitrogens with zero attached hydrogens (tertiary/aromatic N) is 1. The van der Waals surface area contributed by atoms with E-state index < -0.39 is 5.60 Å². The van der Waals surface area contributed by atoms with Crippen molar-refractivity contribution in [1.29, 1.82) is 0 Å². The lowest BCUT2D eigenvalue weighted by molar-refractivity contribution is -0.138. The van der Waals surface area contributed by atoms with Crippen LogP contribution in [0.15, 0.2) is 18.3 Å². The molecule has 1 fully saturated rings. The molecule has 5 heteroatoms. The van der Waals surface area contributed by atoms with Crippen molar-refractivity contribution in [2.75, 3.05) is 19.0 Å². The SMILES string of the molecule is CCCCOc1ccc(NC(=O)C(C)(OC)C2CC2)cn1. The van der Waals surface area contributed by atoms with E-state index in [-0.39, 0.29) is 5.91 Å². The van der Waals surface area contributed by atoms with Gasteiger partial charge < -0.3 is 14.8 Å². The third kappa shape index (κ3) is 3.94. The van der Waals surface area contributed by atoms with Gasteiger partial charge in [0.1, 0.15) is 5.60 Å². The number of carbonyl (C=O) groups excluding carboxylic acids is 1. The maximum absolute atomic E-state index is 12.3. The minimum absolute atomic E-state index is 0.117. The van der Waals surface area contributed by atoms with Crippen molar-refractivity contribution in [3.05, 3.63) is 18.3 Å². The average molecular weight is 292 g/mol. The van der Waals surface area contributed by atoms with Gasteiger partial charge in [-0.25, -0.2) is 4.98 Å². The van der Waals surface area contributed by atoms with Gasteiger partial charge in [-0.05, 0) is 38.2 Å². The number of aromatic nitrogens is 1. The quantitative estimate of drug-likeness (QED) is 0.748. The molecule has 1 amide bonds. The Morgan fingerprint density at radius 1 is 1.48 bits per heavy atom. The van der Waals surface area contributed by atoms with Crippen LogP contribution in [0.25, 0.3) is 0 Å². The van der Waals surface area contributed by atoms with Gasteiger partial charge in [-0.15, -0.1) is 0 Å². The molecule has 1 aromatic rings. The fraction of sp³-hybridized carbons (Fsp3) is 0.625. The van der Waals surface area contributed by atoms with Crippen LogP contribution in [0.5, 0.6) is 5.88 Å². The second kappa shape index (κ2) is 6.89. The fourth-order valence-corrected chi connectivity index (χ4v) is 2.19. The van der Waals surface area contributed by atoms with Crippen LogP contribution in [-0.2, 0) is 9.53 Å². The number of rotatable bonds is 8. The second-order valence-electron chi connectivity index (χ2n) is 5.63. The zero-order chi connectivity index (χ0) is 15.3. The Bertz CT molecular complexity index is 471. The zero-order valence-corrected chi connectivity index (χ0v) is 13.0. The van der Waals surface area contributed by atoms with Crippen molar-refractivity contribution in [2.24, 2.45) is 5.92 Å². The molecule has 2 rings (SSSR count). The Hall–Kier alpha value is -1.62. The molecule has 0 spiro atoms. The molecule has 5 nitrogen and oxygen atoms in total. The first-order valence-electron chi connectivity index (χ1n) is 7.55. The molecular formula is C16H24N2O3. The summed E-state index contributed by atoms with van der Waals surface area (Å²) >= 11 is 0. The van der Waals surface area contributed by atoms with Crippen molar-refractivity contribution in [2.45, 2.75) is 45.1 Å². The van der Waals surface area contributed by atoms with E-state index in [0.29, 0.717) is 24.1 Å². The first kappa shape index (κ1) is 15.8. The Morgan fingerprint density at radius 3 is 2.76 bits per heavy atom.